The van der Waals surface area contributed by atoms with Gasteiger partial charge in [0.15, 0.2) is 0 Å². The maximum absolute atomic E-state index is 9.60. The maximum Gasteiger partial charge on any atom is 0.119 e. The lowest BCUT2D eigenvalue weighted by Crippen LogP contribution is -2.40. The van der Waals surface area contributed by atoms with Gasteiger partial charge in [-0.1, -0.05) is 6.92 Å². The number of hydrogen-bond donors (Lipinski definition) is 1. The lowest BCUT2D eigenvalue weighted by Gasteiger charge is -2.29. The average molecular weight is 279 g/mol. The molecule has 1 aromatic carbocycles. The third-order valence-corrected chi connectivity index (χ3v) is 3.45. The highest BCUT2D eigenvalue weighted by atomic mass is 16.5. The van der Waals surface area contributed by atoms with Crippen LogP contribution in [0.15, 0.2) is 24.3 Å². The van der Waals surface area contributed by atoms with Crippen LogP contribution in [0.2, 0.25) is 0 Å². The summed E-state index contributed by atoms with van der Waals surface area (Å²) in [6.07, 6.45) is 2.85. The normalized spacial score (nSPS) is 19.8. The highest BCUT2D eigenvalue weighted by Crippen LogP contribution is 2.18. The van der Waals surface area contributed by atoms with Gasteiger partial charge in [-0.25, -0.2) is 0 Å². The van der Waals surface area contributed by atoms with Gasteiger partial charge in [-0.15, -0.1) is 0 Å². The molecule has 1 atom stereocenters. The van der Waals surface area contributed by atoms with Crippen molar-refractivity contribution in [3.05, 3.63) is 24.3 Å². The van der Waals surface area contributed by atoms with E-state index in [1.165, 1.54) is 0 Å². The van der Waals surface area contributed by atoms with Crippen LogP contribution in [0, 0.1) is 0 Å². The minimum Gasteiger partial charge on any atom is -0.494 e. The van der Waals surface area contributed by atoms with E-state index in [1.807, 2.05) is 24.3 Å². The van der Waals surface area contributed by atoms with Crippen molar-refractivity contribution in [3.63, 3.8) is 0 Å². The van der Waals surface area contributed by atoms with Crippen LogP contribution in [0.3, 0.4) is 0 Å². The summed E-state index contributed by atoms with van der Waals surface area (Å²) in [6.45, 7) is 6.19. The predicted octanol–water partition coefficient (Wildman–Crippen LogP) is 2.31. The molecule has 1 aromatic rings. The van der Waals surface area contributed by atoms with Crippen LogP contribution in [0.4, 0.5) is 0 Å². The Morgan fingerprint density at radius 2 is 1.80 bits per heavy atom. The number of hydrogen-bond acceptors (Lipinski definition) is 4. The molecule has 0 aliphatic carbocycles. The van der Waals surface area contributed by atoms with Crippen molar-refractivity contribution in [2.24, 2.45) is 0 Å². The highest BCUT2D eigenvalue weighted by Gasteiger charge is 2.16. The zero-order valence-corrected chi connectivity index (χ0v) is 12.3. The molecular weight excluding hydrogens is 254 g/mol. The first kappa shape index (κ1) is 15.1. The standard InChI is InChI=1S/C16H25NO3/c1-2-11-19-15-5-7-16(8-6-15)20-12-10-17-9-3-4-14(18)13-17/h5-8,14,18H,2-4,9-13H2,1H3/t14-/m0/s1. The van der Waals surface area contributed by atoms with Gasteiger partial charge in [-0.3, -0.25) is 4.90 Å². The molecule has 1 N–H and O–H groups in total. The molecule has 1 heterocycles. The summed E-state index contributed by atoms with van der Waals surface area (Å²) in [7, 11) is 0. The molecule has 1 saturated heterocycles. The Hall–Kier alpha value is -1.26. The van der Waals surface area contributed by atoms with Gasteiger partial charge < -0.3 is 14.6 Å². The maximum atomic E-state index is 9.60. The van der Waals surface area contributed by atoms with Crippen molar-refractivity contribution in [1.82, 2.24) is 4.90 Å². The van der Waals surface area contributed by atoms with Crippen LogP contribution in [0.25, 0.3) is 0 Å². The van der Waals surface area contributed by atoms with Gasteiger partial charge in [-0.05, 0) is 50.1 Å². The Balaban J connectivity index is 1.68. The minimum absolute atomic E-state index is 0.168. The van der Waals surface area contributed by atoms with E-state index in [1.54, 1.807) is 0 Å². The van der Waals surface area contributed by atoms with E-state index in [0.29, 0.717) is 6.61 Å². The molecule has 4 heteroatoms. The van der Waals surface area contributed by atoms with Crippen LogP contribution < -0.4 is 9.47 Å². The summed E-state index contributed by atoms with van der Waals surface area (Å²) in [5.41, 5.74) is 0. The number of likely N-dealkylation sites (tertiary alicyclic amines) is 1. The second-order valence-electron chi connectivity index (χ2n) is 5.26. The van der Waals surface area contributed by atoms with E-state index in [2.05, 4.69) is 11.8 Å². The van der Waals surface area contributed by atoms with Crippen molar-refractivity contribution in [2.45, 2.75) is 32.3 Å². The zero-order valence-electron chi connectivity index (χ0n) is 12.3. The minimum atomic E-state index is -0.168. The van der Waals surface area contributed by atoms with Crippen molar-refractivity contribution < 1.29 is 14.6 Å². The zero-order chi connectivity index (χ0) is 14.2. The van der Waals surface area contributed by atoms with Crippen molar-refractivity contribution in [2.75, 3.05) is 32.8 Å². The molecule has 0 unspecified atom stereocenters. The molecule has 0 saturated carbocycles. The summed E-state index contributed by atoms with van der Waals surface area (Å²) in [4.78, 5) is 2.26. The molecule has 0 bridgehead atoms. The van der Waals surface area contributed by atoms with E-state index in [4.69, 9.17) is 9.47 Å². The highest BCUT2D eigenvalue weighted by molar-refractivity contribution is 5.31. The number of aliphatic hydroxyl groups is 1. The third kappa shape index (κ3) is 5.02. The fourth-order valence-electron chi connectivity index (χ4n) is 2.38. The molecule has 1 aliphatic heterocycles. The van der Waals surface area contributed by atoms with Crippen LogP contribution in [-0.2, 0) is 0 Å². The number of nitrogens with zero attached hydrogens (tertiary/aromatic N) is 1. The number of ether oxygens (including phenoxy) is 2. The number of rotatable bonds is 7. The van der Waals surface area contributed by atoms with E-state index in [9.17, 15) is 5.11 Å². The van der Waals surface area contributed by atoms with E-state index >= 15 is 0 Å². The Kier molecular flexibility index (Phi) is 6.15. The quantitative estimate of drug-likeness (QED) is 0.831. The Bertz CT molecular complexity index is 380. The second kappa shape index (κ2) is 8.12. The first-order chi connectivity index (χ1) is 9.78. The SMILES string of the molecule is CCCOc1ccc(OCCN2CCC[C@H](O)C2)cc1. The van der Waals surface area contributed by atoms with E-state index in [-0.39, 0.29) is 6.10 Å². The van der Waals surface area contributed by atoms with Crippen LogP contribution >= 0.6 is 0 Å². The molecule has 0 radical (unpaired) electrons. The fourth-order valence-corrected chi connectivity index (χ4v) is 2.38. The first-order valence-electron chi connectivity index (χ1n) is 7.54. The molecule has 1 fully saturated rings. The molecular formula is C16H25NO3. The van der Waals surface area contributed by atoms with Gasteiger partial charge in [0.25, 0.3) is 0 Å². The molecule has 4 nitrogen and oxygen atoms in total. The van der Waals surface area contributed by atoms with E-state index in [0.717, 1.165) is 57.0 Å². The van der Waals surface area contributed by atoms with Crippen LogP contribution in [0.1, 0.15) is 26.2 Å². The van der Waals surface area contributed by atoms with Gasteiger partial charge in [0.2, 0.25) is 0 Å². The summed E-state index contributed by atoms with van der Waals surface area (Å²) in [6, 6.07) is 7.76. The Morgan fingerprint density at radius 3 is 2.40 bits per heavy atom. The smallest absolute Gasteiger partial charge is 0.119 e. The molecule has 20 heavy (non-hydrogen) atoms. The largest absolute Gasteiger partial charge is 0.494 e. The van der Waals surface area contributed by atoms with Crippen molar-refractivity contribution in [1.29, 1.82) is 0 Å². The number of piperidine rings is 1. The van der Waals surface area contributed by atoms with Gasteiger partial charge in [0, 0.05) is 13.1 Å². The van der Waals surface area contributed by atoms with Gasteiger partial charge in [0.05, 0.1) is 12.7 Å². The Labute approximate surface area is 121 Å². The molecule has 2 rings (SSSR count). The fraction of sp³-hybridized carbons (Fsp3) is 0.625. The first-order valence-corrected chi connectivity index (χ1v) is 7.54. The second-order valence-corrected chi connectivity index (χ2v) is 5.26. The molecule has 112 valence electrons. The number of benzene rings is 1. The molecule has 0 amide bonds. The molecule has 0 aromatic heterocycles. The summed E-state index contributed by atoms with van der Waals surface area (Å²) >= 11 is 0. The topological polar surface area (TPSA) is 41.9 Å². The molecule has 1 aliphatic rings. The average Bonchev–Trinajstić information content (AvgIpc) is 2.46. The summed E-state index contributed by atoms with van der Waals surface area (Å²) in [5.74, 6) is 1.75. The summed E-state index contributed by atoms with van der Waals surface area (Å²) < 4.78 is 11.3. The van der Waals surface area contributed by atoms with Crippen molar-refractivity contribution >= 4 is 0 Å². The summed E-state index contributed by atoms with van der Waals surface area (Å²) in [5, 5.41) is 9.60. The third-order valence-electron chi connectivity index (χ3n) is 3.45. The predicted molar refractivity (Wildman–Crippen MR) is 79.4 cm³/mol. The van der Waals surface area contributed by atoms with Crippen molar-refractivity contribution in [3.8, 4) is 11.5 Å². The van der Waals surface area contributed by atoms with E-state index < -0.39 is 0 Å². The lowest BCUT2D eigenvalue weighted by molar-refractivity contribution is 0.0633. The number of β-amino-alcohol motifs (C(OH)–C–C–N with tert-alkyl or cyclic N) is 1. The lowest BCUT2D eigenvalue weighted by atomic mass is 10.1. The monoisotopic (exact) mass is 279 g/mol. The van der Waals surface area contributed by atoms with Crippen LogP contribution in [0.5, 0.6) is 11.5 Å². The van der Waals surface area contributed by atoms with Crippen LogP contribution in [-0.4, -0.2) is 49.0 Å². The van der Waals surface area contributed by atoms with Gasteiger partial charge >= 0.3 is 0 Å². The molecule has 0 spiro atoms. The number of aliphatic hydroxyl groups excluding tert-OH is 1. The van der Waals surface area contributed by atoms with Gasteiger partial charge in [0.1, 0.15) is 18.1 Å². The van der Waals surface area contributed by atoms with Gasteiger partial charge in [-0.2, -0.15) is 0 Å². The Morgan fingerprint density at radius 1 is 1.15 bits per heavy atom.